The maximum Gasteiger partial charge on any atom is 0.410 e. The molecule has 0 N–H and O–H groups in total. The number of piperidine rings is 1. The second kappa shape index (κ2) is 6.67. The first kappa shape index (κ1) is 19.8. The molecule has 0 bridgehead atoms. The van der Waals surface area contributed by atoms with Crippen molar-refractivity contribution in [2.45, 2.75) is 45.4 Å². The highest BCUT2D eigenvalue weighted by molar-refractivity contribution is 6.10. The number of hydrogen-bond acceptors (Lipinski definition) is 4. The normalized spacial score (nSPS) is 26.5. The van der Waals surface area contributed by atoms with E-state index in [9.17, 15) is 14.4 Å². The summed E-state index contributed by atoms with van der Waals surface area (Å²) < 4.78 is 5.66. The van der Waals surface area contributed by atoms with Crippen molar-refractivity contribution >= 4 is 17.9 Å². The number of fused-ring (bicyclic) bond motifs is 2. The summed E-state index contributed by atoms with van der Waals surface area (Å²) in [6.07, 6.45) is 0.252. The predicted octanol–water partition coefficient (Wildman–Crippen LogP) is 4.17. The zero-order chi connectivity index (χ0) is 22.0. The molecule has 2 fully saturated rings. The maximum atomic E-state index is 13.9. The second-order valence-corrected chi connectivity index (χ2v) is 9.74. The Morgan fingerprint density at radius 1 is 1.03 bits per heavy atom. The van der Waals surface area contributed by atoms with Crippen molar-refractivity contribution in [2.24, 2.45) is 11.3 Å². The Kier molecular flexibility index (Phi) is 4.26. The summed E-state index contributed by atoms with van der Waals surface area (Å²) >= 11 is 0. The van der Waals surface area contributed by atoms with E-state index >= 15 is 0 Å². The first-order valence-corrected chi connectivity index (χ1v) is 10.7. The predicted molar refractivity (Wildman–Crippen MR) is 114 cm³/mol. The summed E-state index contributed by atoms with van der Waals surface area (Å²) in [6, 6.07) is 16.5. The highest BCUT2D eigenvalue weighted by Crippen LogP contribution is 2.68. The summed E-state index contributed by atoms with van der Waals surface area (Å²) in [5.41, 5.74) is 0.937. The van der Waals surface area contributed by atoms with Crippen LogP contribution in [0.5, 0.6) is 0 Å². The topological polar surface area (TPSA) is 66.9 Å². The molecule has 2 aliphatic heterocycles. The van der Waals surface area contributed by atoms with Crippen LogP contribution in [0.4, 0.5) is 4.79 Å². The lowest BCUT2D eigenvalue weighted by Crippen LogP contribution is -2.44. The van der Waals surface area contributed by atoms with E-state index in [1.165, 1.54) is 4.90 Å². The number of nitrogens with zero attached hydrogens (tertiary/aromatic N) is 2. The van der Waals surface area contributed by atoms with Crippen LogP contribution in [0.15, 0.2) is 54.6 Å². The molecule has 1 saturated carbocycles. The van der Waals surface area contributed by atoms with Gasteiger partial charge in [0, 0.05) is 12.1 Å². The fourth-order valence-corrected chi connectivity index (χ4v) is 5.19. The molecule has 2 aromatic carbocycles. The van der Waals surface area contributed by atoms with Crippen molar-refractivity contribution in [2.75, 3.05) is 6.54 Å². The van der Waals surface area contributed by atoms with Gasteiger partial charge in [0.2, 0.25) is 5.91 Å². The highest BCUT2D eigenvalue weighted by Gasteiger charge is 2.73. The van der Waals surface area contributed by atoms with Crippen molar-refractivity contribution in [1.82, 2.24) is 9.80 Å². The van der Waals surface area contributed by atoms with Gasteiger partial charge < -0.3 is 4.74 Å². The molecule has 1 aliphatic carbocycles. The Hall–Kier alpha value is -3.15. The summed E-state index contributed by atoms with van der Waals surface area (Å²) in [6.45, 7) is 6.24. The molecule has 160 valence electrons. The number of imide groups is 1. The van der Waals surface area contributed by atoms with E-state index in [4.69, 9.17) is 4.74 Å². The van der Waals surface area contributed by atoms with Gasteiger partial charge in [0.1, 0.15) is 5.60 Å². The van der Waals surface area contributed by atoms with Gasteiger partial charge in [0.15, 0.2) is 0 Å². The lowest BCUT2D eigenvalue weighted by atomic mass is 9.88. The van der Waals surface area contributed by atoms with Gasteiger partial charge in [0.25, 0.3) is 5.91 Å². The third-order valence-corrected chi connectivity index (χ3v) is 6.58. The van der Waals surface area contributed by atoms with Gasteiger partial charge in [-0.3, -0.25) is 19.4 Å². The Morgan fingerprint density at radius 3 is 2.39 bits per heavy atom. The number of ether oxygens (including phenoxy) is 1. The number of carbonyl (C=O) groups excluding carboxylic acids is 3. The molecule has 0 aromatic heterocycles. The van der Waals surface area contributed by atoms with Crippen molar-refractivity contribution < 1.29 is 19.1 Å². The first-order chi connectivity index (χ1) is 14.7. The Balaban J connectivity index is 1.50. The van der Waals surface area contributed by atoms with E-state index < -0.39 is 23.2 Å². The van der Waals surface area contributed by atoms with Gasteiger partial charge >= 0.3 is 6.09 Å². The van der Waals surface area contributed by atoms with Crippen molar-refractivity contribution in [3.05, 3.63) is 71.3 Å². The van der Waals surface area contributed by atoms with Crippen LogP contribution in [-0.2, 0) is 16.1 Å². The van der Waals surface area contributed by atoms with Crippen molar-refractivity contribution in [1.29, 1.82) is 0 Å². The lowest BCUT2D eigenvalue weighted by Gasteiger charge is -2.34. The molecule has 6 heteroatoms. The van der Waals surface area contributed by atoms with Gasteiger partial charge in [0.05, 0.1) is 18.0 Å². The zero-order valence-electron chi connectivity index (χ0n) is 18.0. The monoisotopic (exact) mass is 418 g/mol. The van der Waals surface area contributed by atoms with Crippen molar-refractivity contribution in [3.8, 4) is 0 Å². The van der Waals surface area contributed by atoms with E-state index in [2.05, 4.69) is 0 Å². The number of amides is 3. The molecule has 0 spiro atoms. The van der Waals surface area contributed by atoms with E-state index in [1.807, 2.05) is 69.3 Å². The third-order valence-electron chi connectivity index (χ3n) is 6.58. The molecule has 5 rings (SSSR count). The molecular weight excluding hydrogens is 392 g/mol. The first-order valence-electron chi connectivity index (χ1n) is 10.7. The van der Waals surface area contributed by atoms with Crippen LogP contribution >= 0.6 is 0 Å². The van der Waals surface area contributed by atoms with Crippen LogP contribution in [0.1, 0.15) is 54.7 Å². The number of hydrogen-bond donors (Lipinski definition) is 0. The van der Waals surface area contributed by atoms with E-state index in [0.29, 0.717) is 18.5 Å². The minimum absolute atomic E-state index is 0.0224. The zero-order valence-corrected chi connectivity index (χ0v) is 18.0. The Bertz CT molecular complexity index is 1070. The standard InChI is InChI=1S/C25H26N2O4/c1-24(2,3)31-23(30)26-15-18-13-25(18,20(26)16-9-5-4-6-10-16)22(29)27-14-17-11-7-8-12-19(17)21(27)28/h4-12,18,20H,13-15H2,1-3H3. The number of benzene rings is 2. The van der Waals surface area contributed by atoms with E-state index in [-0.39, 0.29) is 24.3 Å². The lowest BCUT2D eigenvalue weighted by molar-refractivity contribution is -0.136. The molecule has 3 atom stereocenters. The molecular formula is C25H26N2O4. The molecule has 31 heavy (non-hydrogen) atoms. The van der Waals surface area contributed by atoms with Gasteiger partial charge in [-0.2, -0.15) is 0 Å². The summed E-state index contributed by atoms with van der Waals surface area (Å²) in [5, 5.41) is 0. The van der Waals surface area contributed by atoms with Crippen LogP contribution in [-0.4, -0.2) is 39.9 Å². The maximum absolute atomic E-state index is 13.9. The van der Waals surface area contributed by atoms with E-state index in [1.54, 1.807) is 11.0 Å². The van der Waals surface area contributed by atoms with Gasteiger partial charge in [-0.25, -0.2) is 4.79 Å². The number of rotatable bonds is 2. The smallest absolute Gasteiger partial charge is 0.410 e. The fraction of sp³-hybridized carbons (Fsp3) is 0.400. The SMILES string of the molecule is CC(C)(C)OC(=O)N1CC2CC2(C(=O)N2Cc3ccccc3C2=O)C1c1ccccc1. The van der Waals surface area contributed by atoms with Crippen LogP contribution < -0.4 is 0 Å². The number of likely N-dealkylation sites (tertiary alicyclic amines) is 1. The highest BCUT2D eigenvalue weighted by atomic mass is 16.6. The third kappa shape index (κ3) is 3.04. The summed E-state index contributed by atoms with van der Waals surface area (Å²) in [5.74, 6) is -0.406. The minimum atomic E-state index is -0.782. The molecule has 2 aromatic rings. The molecule has 2 heterocycles. The van der Waals surface area contributed by atoms with E-state index in [0.717, 1.165) is 11.1 Å². The average Bonchev–Trinajstić information content (AvgIpc) is 3.20. The van der Waals surface area contributed by atoms with Crippen LogP contribution in [0, 0.1) is 11.3 Å². The Morgan fingerprint density at radius 2 is 1.71 bits per heavy atom. The fourth-order valence-electron chi connectivity index (χ4n) is 5.19. The quantitative estimate of drug-likeness (QED) is 0.687. The van der Waals surface area contributed by atoms with Crippen LogP contribution in [0.2, 0.25) is 0 Å². The molecule has 6 nitrogen and oxygen atoms in total. The average molecular weight is 418 g/mol. The Labute approximate surface area is 181 Å². The summed E-state index contributed by atoms with van der Waals surface area (Å²) in [4.78, 5) is 43.0. The second-order valence-electron chi connectivity index (χ2n) is 9.74. The molecule has 3 aliphatic rings. The minimum Gasteiger partial charge on any atom is -0.444 e. The van der Waals surface area contributed by atoms with Crippen molar-refractivity contribution in [3.63, 3.8) is 0 Å². The summed E-state index contributed by atoms with van der Waals surface area (Å²) in [7, 11) is 0. The van der Waals surface area contributed by atoms with Crippen LogP contribution in [0.25, 0.3) is 0 Å². The van der Waals surface area contributed by atoms with Gasteiger partial charge in [-0.05, 0) is 50.3 Å². The van der Waals surface area contributed by atoms with Crippen LogP contribution in [0.3, 0.4) is 0 Å². The molecule has 1 saturated heterocycles. The van der Waals surface area contributed by atoms with Gasteiger partial charge in [-0.15, -0.1) is 0 Å². The largest absolute Gasteiger partial charge is 0.444 e. The van der Waals surface area contributed by atoms with Gasteiger partial charge in [-0.1, -0.05) is 48.5 Å². The molecule has 0 radical (unpaired) electrons. The number of carbonyl (C=O) groups is 3. The molecule has 3 amide bonds. The molecule has 3 unspecified atom stereocenters.